The highest BCUT2D eigenvalue weighted by Gasteiger charge is 2.49. The van der Waals surface area contributed by atoms with Crippen molar-refractivity contribution in [3.63, 3.8) is 0 Å². The fourth-order valence-corrected chi connectivity index (χ4v) is 6.98. The molecule has 0 saturated heterocycles. The summed E-state index contributed by atoms with van der Waals surface area (Å²) in [4.78, 5) is 38.1. The first-order valence-electron chi connectivity index (χ1n) is 16.7. The van der Waals surface area contributed by atoms with Crippen LogP contribution in [0, 0.1) is 5.92 Å². The number of carbonyl (C=O) groups excluding carboxylic acids is 1. The first-order chi connectivity index (χ1) is 24.2. The van der Waals surface area contributed by atoms with Crippen LogP contribution in [-0.4, -0.2) is 68.0 Å². The number of aliphatic carboxylic acids is 1. The molecule has 1 heterocycles. The third kappa shape index (κ3) is 7.67. The number of esters is 1. The summed E-state index contributed by atoms with van der Waals surface area (Å²) in [6.45, 7) is 0.0421. The van der Waals surface area contributed by atoms with Gasteiger partial charge >= 0.3 is 24.6 Å². The highest BCUT2D eigenvalue weighted by molar-refractivity contribution is 5.80. The van der Waals surface area contributed by atoms with Crippen LogP contribution >= 0.6 is 0 Å². The van der Waals surface area contributed by atoms with Crippen molar-refractivity contribution in [2.45, 2.75) is 69.9 Å². The van der Waals surface area contributed by atoms with Crippen molar-refractivity contribution in [2.75, 3.05) is 27.1 Å². The standard InChI is InChI=1S/C37H40O13/c1-3-15-44-24-11-12-25-27(17-24)33(26-13-10-23(43-2)18-29(26)45-19-31(38)39)34(32(25)21-9-14-28-30(16-21)47-20-46-28)35(40)49-37(50-36(41)42)48-22-7-5-4-6-8-22/h9-14,16-18,22,32-34,37H,3-8,15,19-20H2,1-2H3,(H,38,39)(H,41,42). The summed E-state index contributed by atoms with van der Waals surface area (Å²) in [6, 6.07) is 16.0. The monoisotopic (exact) mass is 692 g/mol. The van der Waals surface area contributed by atoms with Gasteiger partial charge in [-0.15, -0.1) is 0 Å². The summed E-state index contributed by atoms with van der Waals surface area (Å²) in [5, 5.41) is 19.1. The predicted molar refractivity (Wildman–Crippen MR) is 175 cm³/mol. The number of benzene rings is 3. The molecule has 1 aliphatic heterocycles. The van der Waals surface area contributed by atoms with E-state index < -0.39 is 48.9 Å². The van der Waals surface area contributed by atoms with Crippen molar-refractivity contribution in [3.8, 4) is 28.7 Å². The van der Waals surface area contributed by atoms with Gasteiger partial charge in [0.2, 0.25) is 6.79 Å². The zero-order valence-electron chi connectivity index (χ0n) is 27.8. The first-order valence-corrected chi connectivity index (χ1v) is 16.7. The number of rotatable bonds is 14. The molecule has 0 radical (unpaired) electrons. The Morgan fingerprint density at radius 3 is 2.32 bits per heavy atom. The number of ether oxygens (including phenoxy) is 8. The van der Waals surface area contributed by atoms with E-state index in [4.69, 9.17) is 37.9 Å². The molecule has 266 valence electrons. The molecule has 0 amide bonds. The summed E-state index contributed by atoms with van der Waals surface area (Å²) in [5.74, 6) is -2.27. The van der Waals surface area contributed by atoms with Crippen LogP contribution in [0.25, 0.3) is 0 Å². The van der Waals surface area contributed by atoms with Crippen molar-refractivity contribution in [2.24, 2.45) is 5.92 Å². The lowest BCUT2D eigenvalue weighted by Gasteiger charge is -2.29. The fraction of sp³-hybridized carbons (Fsp3) is 0.432. The summed E-state index contributed by atoms with van der Waals surface area (Å²) in [6.07, 6.45) is 2.92. The molecule has 1 fully saturated rings. The Morgan fingerprint density at radius 1 is 0.820 bits per heavy atom. The Balaban J connectivity index is 1.49. The van der Waals surface area contributed by atoms with Crippen LogP contribution in [0.3, 0.4) is 0 Å². The third-order valence-corrected chi connectivity index (χ3v) is 9.12. The maximum Gasteiger partial charge on any atom is 0.510 e. The van der Waals surface area contributed by atoms with Crippen LogP contribution in [0.2, 0.25) is 0 Å². The lowest BCUT2D eigenvalue weighted by atomic mass is 9.79. The van der Waals surface area contributed by atoms with Crippen LogP contribution in [0.15, 0.2) is 54.6 Å². The van der Waals surface area contributed by atoms with Gasteiger partial charge in [0.15, 0.2) is 18.1 Å². The lowest BCUT2D eigenvalue weighted by molar-refractivity contribution is -0.277. The molecule has 3 aromatic carbocycles. The molecular weight excluding hydrogens is 652 g/mol. The van der Waals surface area contributed by atoms with Crippen molar-refractivity contribution >= 4 is 18.1 Å². The molecule has 2 aliphatic carbocycles. The smallest absolute Gasteiger partial charge is 0.497 e. The molecule has 0 spiro atoms. The summed E-state index contributed by atoms with van der Waals surface area (Å²) in [7, 11) is 1.48. The number of hydrogen-bond donors (Lipinski definition) is 2. The molecule has 13 heteroatoms. The summed E-state index contributed by atoms with van der Waals surface area (Å²) >= 11 is 0. The normalized spacial score (nSPS) is 20.0. The number of methoxy groups -OCH3 is 1. The number of hydrogen-bond acceptors (Lipinski definition) is 11. The average molecular weight is 693 g/mol. The molecule has 4 unspecified atom stereocenters. The van der Waals surface area contributed by atoms with Gasteiger partial charge in [0, 0.05) is 23.5 Å². The van der Waals surface area contributed by atoms with Gasteiger partial charge in [-0.3, -0.25) is 4.79 Å². The van der Waals surface area contributed by atoms with Gasteiger partial charge in [-0.25, -0.2) is 9.59 Å². The van der Waals surface area contributed by atoms with Gasteiger partial charge in [0.05, 0.1) is 25.7 Å². The van der Waals surface area contributed by atoms with Crippen molar-refractivity contribution in [1.29, 1.82) is 0 Å². The lowest BCUT2D eigenvalue weighted by Crippen LogP contribution is -2.36. The third-order valence-electron chi connectivity index (χ3n) is 9.12. The molecule has 3 aromatic rings. The molecule has 0 bridgehead atoms. The van der Waals surface area contributed by atoms with E-state index in [2.05, 4.69) is 0 Å². The predicted octanol–water partition coefficient (Wildman–Crippen LogP) is 6.44. The quantitative estimate of drug-likeness (QED) is 0.140. The van der Waals surface area contributed by atoms with E-state index in [0.717, 1.165) is 31.2 Å². The zero-order chi connectivity index (χ0) is 35.2. The van der Waals surface area contributed by atoms with Crippen LogP contribution in [0.4, 0.5) is 4.79 Å². The Bertz CT molecular complexity index is 1700. The molecule has 3 aliphatic rings. The first kappa shape index (κ1) is 34.7. The van der Waals surface area contributed by atoms with Gasteiger partial charge in [-0.2, -0.15) is 0 Å². The maximum absolute atomic E-state index is 14.7. The second-order valence-electron chi connectivity index (χ2n) is 12.3. The highest BCUT2D eigenvalue weighted by Crippen LogP contribution is 2.56. The molecule has 6 rings (SSSR count). The van der Waals surface area contributed by atoms with Gasteiger partial charge in [-0.1, -0.05) is 44.4 Å². The van der Waals surface area contributed by atoms with E-state index in [-0.39, 0.29) is 18.6 Å². The minimum absolute atomic E-state index is 0.0507. The van der Waals surface area contributed by atoms with Crippen LogP contribution in [0.1, 0.15) is 79.5 Å². The number of carboxylic acid groups (broad SMARTS) is 2. The van der Waals surface area contributed by atoms with Crippen molar-refractivity contribution in [1.82, 2.24) is 0 Å². The molecule has 4 atom stereocenters. The van der Waals surface area contributed by atoms with Gasteiger partial charge in [-0.05, 0) is 66.3 Å². The molecule has 13 nitrogen and oxygen atoms in total. The van der Waals surface area contributed by atoms with Gasteiger partial charge in [0.1, 0.15) is 17.2 Å². The van der Waals surface area contributed by atoms with Crippen LogP contribution < -0.4 is 23.7 Å². The second kappa shape index (κ2) is 15.6. The summed E-state index contributed by atoms with van der Waals surface area (Å²) in [5.41, 5.74) is 2.66. The molecule has 1 saturated carbocycles. The van der Waals surface area contributed by atoms with Crippen molar-refractivity contribution < 1.29 is 62.5 Å². The largest absolute Gasteiger partial charge is 0.510 e. The van der Waals surface area contributed by atoms with Gasteiger partial charge in [0.25, 0.3) is 0 Å². The Morgan fingerprint density at radius 2 is 1.58 bits per heavy atom. The number of carbonyl (C=O) groups is 3. The fourth-order valence-electron chi connectivity index (χ4n) is 6.98. The van der Waals surface area contributed by atoms with E-state index in [0.29, 0.717) is 59.1 Å². The van der Waals surface area contributed by atoms with E-state index in [9.17, 15) is 24.6 Å². The Hall–Kier alpha value is -5.17. The Kier molecular flexibility index (Phi) is 10.8. The average Bonchev–Trinajstić information content (AvgIpc) is 3.72. The van der Waals surface area contributed by atoms with Crippen LogP contribution in [0.5, 0.6) is 28.7 Å². The molecule has 0 aromatic heterocycles. The highest BCUT2D eigenvalue weighted by atomic mass is 16.9. The Labute approximate surface area is 288 Å². The SMILES string of the molecule is CCCOc1ccc2c(c1)C(c1ccc(OC)cc1OCC(=O)O)C(C(=O)OC(OC(=O)O)OC1CCCCC1)C2c1ccc2c(c1)OCO2. The van der Waals surface area contributed by atoms with E-state index >= 15 is 0 Å². The van der Waals surface area contributed by atoms with E-state index in [1.165, 1.54) is 7.11 Å². The minimum Gasteiger partial charge on any atom is -0.497 e. The van der Waals surface area contributed by atoms with Gasteiger partial charge < -0.3 is 48.1 Å². The maximum atomic E-state index is 14.7. The topological polar surface area (TPSA) is 166 Å². The van der Waals surface area contributed by atoms with Crippen LogP contribution in [-0.2, 0) is 23.8 Å². The summed E-state index contributed by atoms with van der Waals surface area (Å²) < 4.78 is 45.2. The number of carboxylic acids is 1. The van der Waals surface area contributed by atoms with Crippen molar-refractivity contribution in [3.05, 3.63) is 76.9 Å². The zero-order valence-corrected chi connectivity index (χ0v) is 27.8. The minimum atomic E-state index is -1.81. The number of fused-ring (bicyclic) bond motifs is 2. The van der Waals surface area contributed by atoms with E-state index in [1.807, 2.05) is 31.2 Å². The van der Waals surface area contributed by atoms with E-state index in [1.54, 1.807) is 30.3 Å². The molecule has 50 heavy (non-hydrogen) atoms. The molecule has 2 N–H and O–H groups in total. The second-order valence-corrected chi connectivity index (χ2v) is 12.3. The molecular formula is C37H40O13.